The van der Waals surface area contributed by atoms with Gasteiger partial charge in [-0.25, -0.2) is 0 Å². The van der Waals surface area contributed by atoms with Gasteiger partial charge in [-0.2, -0.15) is 0 Å². The first kappa shape index (κ1) is 27.6. The van der Waals surface area contributed by atoms with Gasteiger partial charge in [0.25, 0.3) is 0 Å². The molecule has 0 heterocycles. The minimum atomic E-state index is 0.148. The third kappa shape index (κ3) is 4.04. The molecule has 5 fully saturated rings. The Hall–Kier alpha value is -1.57. The second-order valence-corrected chi connectivity index (χ2v) is 16.2. The molecule has 0 saturated heterocycles. The number of hydrogen-bond acceptors (Lipinski definition) is 1. The molecule has 1 amide bonds. The first-order valence-electron chi connectivity index (χ1n) is 16.4. The zero-order valence-electron chi connectivity index (χ0n) is 25.8. The summed E-state index contributed by atoms with van der Waals surface area (Å²) in [4.78, 5) is 13.5. The molecule has 1 aromatic rings. The molecule has 0 spiro atoms. The topological polar surface area (TPSA) is 29.1 Å². The molecule has 0 aliphatic heterocycles. The highest BCUT2D eigenvalue weighted by Crippen LogP contribution is 2.76. The Bertz CT molecular complexity index is 1110. The Balaban J connectivity index is 1.33. The van der Waals surface area contributed by atoms with Crippen LogP contribution in [0.25, 0.3) is 0 Å². The third-order valence-electron chi connectivity index (χ3n) is 14.4. The van der Waals surface area contributed by atoms with Crippen molar-refractivity contribution in [1.82, 2.24) is 5.32 Å². The second kappa shape index (κ2) is 9.49. The summed E-state index contributed by atoms with van der Waals surface area (Å²) in [7, 11) is 0. The fourth-order valence-electron chi connectivity index (χ4n) is 12.4. The summed E-state index contributed by atoms with van der Waals surface area (Å²) in [6.45, 7) is 20.0. The summed E-state index contributed by atoms with van der Waals surface area (Å²) in [5.74, 6) is 4.92. The van der Waals surface area contributed by atoms with Crippen LogP contribution in [0.3, 0.4) is 0 Å². The fraction of sp³-hybridized carbons (Fsp3) is 0.757. The van der Waals surface area contributed by atoms with Gasteiger partial charge in [0.2, 0.25) is 5.91 Å². The Labute approximate surface area is 239 Å². The molecule has 0 aromatic heterocycles. The van der Waals surface area contributed by atoms with Gasteiger partial charge >= 0.3 is 0 Å². The number of amides is 1. The van der Waals surface area contributed by atoms with Crippen LogP contribution in [0.1, 0.15) is 111 Å². The minimum Gasteiger partial charge on any atom is -0.353 e. The average molecular weight is 530 g/mol. The molecule has 0 radical (unpaired) electrons. The van der Waals surface area contributed by atoms with E-state index in [1.165, 1.54) is 63.4 Å². The quantitative estimate of drug-likeness (QED) is 0.387. The molecule has 0 bridgehead atoms. The molecular weight excluding hydrogens is 474 g/mol. The Kier molecular flexibility index (Phi) is 6.71. The molecule has 2 heteroatoms. The molecule has 39 heavy (non-hydrogen) atoms. The summed E-state index contributed by atoms with van der Waals surface area (Å²) in [5, 5.41) is 3.69. The maximum Gasteiger partial charge on any atom is 0.224 e. The van der Waals surface area contributed by atoms with Gasteiger partial charge in [-0.15, -0.1) is 0 Å². The molecule has 10 atom stereocenters. The number of nitrogens with one attached hydrogen (secondary N) is 1. The summed E-state index contributed by atoms with van der Waals surface area (Å²) < 4.78 is 0. The van der Waals surface area contributed by atoms with Crippen molar-refractivity contribution in [2.24, 2.45) is 57.2 Å². The average Bonchev–Trinajstić information content (AvgIpc) is 3.31. The molecule has 214 valence electrons. The van der Waals surface area contributed by atoms with E-state index < -0.39 is 0 Å². The van der Waals surface area contributed by atoms with Gasteiger partial charge in [0, 0.05) is 6.04 Å². The molecule has 1 unspecified atom stereocenters. The maximum atomic E-state index is 13.5. The highest BCUT2D eigenvalue weighted by atomic mass is 16.1. The first-order valence-corrected chi connectivity index (χ1v) is 16.4. The lowest BCUT2D eigenvalue weighted by Gasteiger charge is -2.73. The second-order valence-electron chi connectivity index (χ2n) is 16.2. The van der Waals surface area contributed by atoms with Crippen LogP contribution >= 0.6 is 0 Å². The molecule has 5 aliphatic rings. The number of rotatable bonds is 4. The normalized spacial score (nSPS) is 46.3. The van der Waals surface area contributed by atoms with Crippen molar-refractivity contribution in [3.63, 3.8) is 0 Å². The maximum absolute atomic E-state index is 13.5. The van der Waals surface area contributed by atoms with Crippen molar-refractivity contribution >= 4 is 5.91 Å². The number of fused-ring (bicyclic) bond motifs is 7. The SMILES string of the molecule is C=C(C)[C@@H]1CC[C@@H]2CC[C@]3(C)[C@H](CC[C@@H]4[C@@]5(C)C(NC(=O)Cc6ccccc6)CCC(C)(C)[C@@H]5CC[C@]43C)[C@H]21. The fourth-order valence-corrected chi connectivity index (χ4v) is 12.4. The van der Waals surface area contributed by atoms with Gasteiger partial charge in [0.05, 0.1) is 6.42 Å². The van der Waals surface area contributed by atoms with Crippen LogP contribution in [0.5, 0.6) is 0 Å². The van der Waals surface area contributed by atoms with E-state index in [4.69, 9.17) is 0 Å². The standard InChI is InChI=1S/C37H55NO/c1-24(2)27-14-13-26-17-21-35(5)28(33(26)27)15-16-30-36(35,6)22-18-29-34(3,4)20-19-31(37(29,30)7)38-32(39)23-25-11-9-8-10-12-25/h8-12,26-31,33H,1,13-23H2,2-7H3,(H,38,39)/t26-,27+,28-,29+,30+,31?,33-,35-,36-,37+/m1/s1. The van der Waals surface area contributed by atoms with Crippen molar-refractivity contribution in [2.45, 2.75) is 118 Å². The summed E-state index contributed by atoms with van der Waals surface area (Å²) >= 11 is 0. The van der Waals surface area contributed by atoms with Crippen LogP contribution in [-0.4, -0.2) is 11.9 Å². The van der Waals surface area contributed by atoms with E-state index in [0.29, 0.717) is 34.5 Å². The van der Waals surface area contributed by atoms with E-state index >= 15 is 0 Å². The smallest absolute Gasteiger partial charge is 0.224 e. The third-order valence-corrected chi connectivity index (χ3v) is 14.4. The van der Waals surface area contributed by atoms with Crippen LogP contribution in [0, 0.1) is 57.2 Å². The molecule has 2 nitrogen and oxygen atoms in total. The zero-order valence-corrected chi connectivity index (χ0v) is 25.8. The van der Waals surface area contributed by atoms with Crippen molar-refractivity contribution in [3.05, 3.63) is 48.0 Å². The first-order chi connectivity index (χ1) is 18.4. The van der Waals surface area contributed by atoms with Crippen molar-refractivity contribution in [2.75, 3.05) is 0 Å². The van der Waals surface area contributed by atoms with Crippen LogP contribution in [0.4, 0.5) is 0 Å². The predicted octanol–water partition coefficient (Wildman–Crippen LogP) is 9.00. The van der Waals surface area contributed by atoms with E-state index in [1.807, 2.05) is 18.2 Å². The Morgan fingerprint density at radius 3 is 2.28 bits per heavy atom. The summed E-state index contributed by atoms with van der Waals surface area (Å²) in [5.41, 5.74) is 3.78. The highest BCUT2D eigenvalue weighted by molar-refractivity contribution is 5.79. The van der Waals surface area contributed by atoms with Crippen molar-refractivity contribution in [3.8, 4) is 0 Å². The van der Waals surface area contributed by atoms with E-state index in [2.05, 4.69) is 65.6 Å². The number of carbonyl (C=O) groups excluding carboxylic acids is 1. The van der Waals surface area contributed by atoms with E-state index in [1.54, 1.807) is 0 Å². The Morgan fingerprint density at radius 2 is 1.56 bits per heavy atom. The van der Waals surface area contributed by atoms with Crippen LogP contribution in [0.15, 0.2) is 42.5 Å². The van der Waals surface area contributed by atoms with Gasteiger partial charge in [0.1, 0.15) is 0 Å². The van der Waals surface area contributed by atoms with Gasteiger partial charge in [-0.3, -0.25) is 4.79 Å². The molecule has 1 aromatic carbocycles. The van der Waals surface area contributed by atoms with Crippen LogP contribution in [0.2, 0.25) is 0 Å². The summed E-state index contributed by atoms with van der Waals surface area (Å²) in [6.07, 6.45) is 13.9. The van der Waals surface area contributed by atoms with Crippen LogP contribution in [-0.2, 0) is 11.2 Å². The van der Waals surface area contributed by atoms with Crippen LogP contribution < -0.4 is 5.32 Å². The van der Waals surface area contributed by atoms with E-state index in [-0.39, 0.29) is 17.4 Å². The largest absolute Gasteiger partial charge is 0.353 e. The number of benzene rings is 1. The molecule has 5 aliphatic carbocycles. The van der Waals surface area contributed by atoms with Gasteiger partial charge < -0.3 is 5.32 Å². The molecular formula is C37H55NO. The van der Waals surface area contributed by atoms with Gasteiger partial charge in [-0.05, 0) is 134 Å². The minimum absolute atomic E-state index is 0.148. The van der Waals surface area contributed by atoms with Crippen molar-refractivity contribution < 1.29 is 4.79 Å². The van der Waals surface area contributed by atoms with Gasteiger partial charge in [0.15, 0.2) is 0 Å². The van der Waals surface area contributed by atoms with Crippen molar-refractivity contribution in [1.29, 1.82) is 0 Å². The lowest BCUT2D eigenvalue weighted by atomic mass is 9.32. The Morgan fingerprint density at radius 1 is 0.846 bits per heavy atom. The zero-order chi connectivity index (χ0) is 27.8. The van der Waals surface area contributed by atoms with E-state index in [9.17, 15) is 4.79 Å². The molecule has 5 saturated carbocycles. The predicted molar refractivity (Wildman–Crippen MR) is 162 cm³/mol. The highest BCUT2D eigenvalue weighted by Gasteiger charge is 2.70. The number of hydrogen-bond donors (Lipinski definition) is 1. The lowest BCUT2D eigenvalue weighted by Crippen LogP contribution is -2.69. The summed E-state index contributed by atoms with van der Waals surface area (Å²) in [6, 6.07) is 10.6. The number of carbonyl (C=O) groups is 1. The molecule has 1 N–H and O–H groups in total. The monoisotopic (exact) mass is 529 g/mol. The number of allylic oxidation sites excluding steroid dienone is 1. The van der Waals surface area contributed by atoms with Gasteiger partial charge in [-0.1, -0.05) is 77.1 Å². The molecule has 6 rings (SSSR count). The lowest BCUT2D eigenvalue weighted by molar-refractivity contribution is -0.235. The van der Waals surface area contributed by atoms with E-state index in [0.717, 1.165) is 35.7 Å².